The fraction of sp³-hybridized carbons (Fsp3) is 0.353. The molecule has 3 atom stereocenters. The van der Waals surface area contributed by atoms with E-state index in [1.54, 1.807) is 24.3 Å². The normalized spacial score (nSPS) is 13.6. The van der Waals surface area contributed by atoms with E-state index in [2.05, 4.69) is 5.32 Å². The Morgan fingerprint density at radius 2 is 1.44 bits per heavy atom. The van der Waals surface area contributed by atoms with Gasteiger partial charge < -0.3 is 20.1 Å². The number of rotatable bonds is 16. The quantitative estimate of drug-likeness (QED) is 0.115. The molecule has 3 aromatic carbocycles. The first kappa shape index (κ1) is 40.5. The summed E-state index contributed by atoms with van der Waals surface area (Å²) in [5.74, 6) is -13.5. The molecule has 3 aromatic rings. The number of ether oxygens (including phenoxy) is 2. The number of hydrogen-bond acceptors (Lipinski definition) is 6. The van der Waals surface area contributed by atoms with Crippen molar-refractivity contribution in [1.82, 2.24) is 10.6 Å². The van der Waals surface area contributed by atoms with E-state index in [0.717, 1.165) is 5.32 Å². The third-order valence-electron chi connectivity index (χ3n) is 7.38. The van der Waals surface area contributed by atoms with Gasteiger partial charge in [0, 0.05) is 33.8 Å². The van der Waals surface area contributed by atoms with Crippen LogP contribution in [0.1, 0.15) is 37.4 Å². The minimum Gasteiger partial charge on any atom is -0.497 e. The molecular weight excluding hydrogens is 734 g/mol. The number of ketones is 2. The van der Waals surface area contributed by atoms with Crippen molar-refractivity contribution in [3.63, 3.8) is 0 Å². The number of hydrogen-bond donors (Lipinski definition) is 2. The molecule has 16 heteroatoms. The van der Waals surface area contributed by atoms with Crippen LogP contribution in [0.5, 0.6) is 11.5 Å². The average Bonchev–Trinajstić information content (AvgIpc) is 3.03. The maximum absolute atomic E-state index is 14.9. The van der Waals surface area contributed by atoms with E-state index in [-0.39, 0.29) is 27.8 Å². The molecule has 0 aromatic heterocycles. The van der Waals surface area contributed by atoms with Crippen LogP contribution < -0.4 is 20.1 Å². The summed E-state index contributed by atoms with van der Waals surface area (Å²) in [6, 6.07) is 15.0. The molecule has 50 heavy (non-hydrogen) atoms. The lowest BCUT2D eigenvalue weighted by Gasteiger charge is -2.27. The minimum atomic E-state index is -5.01. The van der Waals surface area contributed by atoms with Crippen molar-refractivity contribution in [2.24, 2.45) is 11.8 Å². The lowest BCUT2D eigenvalue weighted by molar-refractivity contribution is -0.167. The topological polar surface area (TPSA) is 111 Å². The van der Waals surface area contributed by atoms with Gasteiger partial charge in [0.25, 0.3) is 11.8 Å². The number of benzene rings is 3. The maximum atomic E-state index is 14.9. The van der Waals surface area contributed by atoms with Crippen LogP contribution in [0.4, 0.5) is 22.0 Å². The highest BCUT2D eigenvalue weighted by molar-refractivity contribution is 6.34. The minimum absolute atomic E-state index is 0.0770. The Hall–Kier alpha value is -3.94. The van der Waals surface area contributed by atoms with Crippen molar-refractivity contribution in [3.8, 4) is 11.5 Å². The van der Waals surface area contributed by atoms with Crippen LogP contribution in [0.25, 0.3) is 0 Å². The van der Waals surface area contributed by atoms with Gasteiger partial charge in [-0.15, -0.1) is 0 Å². The highest BCUT2D eigenvalue weighted by atomic mass is 35.5. The Morgan fingerprint density at radius 1 is 0.820 bits per heavy atom. The number of carbonyl (C=O) groups excluding carboxylic acids is 4. The molecule has 2 N–H and O–H groups in total. The van der Waals surface area contributed by atoms with Gasteiger partial charge in [-0.1, -0.05) is 72.9 Å². The number of alkyl halides is 5. The Bertz CT molecular complexity index is 1670. The number of Topliss-reactive ketones (excluding diaryl/α,β-unsaturated/α-hetero) is 2. The number of halogens is 8. The van der Waals surface area contributed by atoms with Gasteiger partial charge in [-0.3, -0.25) is 19.2 Å². The summed E-state index contributed by atoms with van der Waals surface area (Å²) in [6.07, 6.45) is -7.36. The average molecular weight is 766 g/mol. The van der Waals surface area contributed by atoms with Crippen molar-refractivity contribution in [2.45, 2.75) is 50.9 Å². The standard InChI is InChI=1S/C34H32Cl3F5N2O6/c1-18(2)26(30(46)34(41,42)32(48)43-17-33(38,39)40)16-27(45)29(20-7-9-24(49-3)10-8-20)44-31(47)28(12-19-5-4-6-21(35)11-19)50-25-14-22(36)13-23(37)15-25/h4-11,13-15,18,26,28-29H,12,16-17H2,1-3H3,(H,43,48)(H,44,47)/t26-,28-,29-/m0/s1. The second-order valence-corrected chi connectivity index (χ2v) is 12.8. The molecule has 0 spiro atoms. The van der Waals surface area contributed by atoms with Gasteiger partial charge in [0.2, 0.25) is 5.78 Å². The number of carbonyl (C=O) groups is 4. The maximum Gasteiger partial charge on any atom is 0.405 e. The zero-order valence-corrected chi connectivity index (χ0v) is 29.0. The van der Waals surface area contributed by atoms with E-state index in [1.165, 1.54) is 63.4 Å². The van der Waals surface area contributed by atoms with Gasteiger partial charge in [-0.25, -0.2) is 0 Å². The fourth-order valence-corrected chi connectivity index (χ4v) is 5.53. The predicted molar refractivity (Wildman–Crippen MR) is 177 cm³/mol. The summed E-state index contributed by atoms with van der Waals surface area (Å²) in [5.41, 5.74) is 0.732. The molecule has 0 bridgehead atoms. The largest absolute Gasteiger partial charge is 0.497 e. The molecule has 0 saturated heterocycles. The monoisotopic (exact) mass is 764 g/mol. The number of nitrogens with one attached hydrogen (secondary N) is 2. The molecule has 270 valence electrons. The van der Waals surface area contributed by atoms with Gasteiger partial charge in [-0.05, 0) is 59.5 Å². The summed E-state index contributed by atoms with van der Waals surface area (Å²) in [4.78, 5) is 52.8. The molecular formula is C34H32Cl3F5N2O6. The second kappa shape index (κ2) is 17.3. The molecule has 0 heterocycles. The summed E-state index contributed by atoms with van der Waals surface area (Å²) >= 11 is 18.4. The van der Waals surface area contributed by atoms with Crippen LogP contribution >= 0.6 is 34.8 Å². The van der Waals surface area contributed by atoms with Crippen LogP contribution in [0.3, 0.4) is 0 Å². The molecule has 3 rings (SSSR count). The van der Waals surface area contributed by atoms with Crippen LogP contribution in [0.2, 0.25) is 15.1 Å². The first-order valence-corrected chi connectivity index (χ1v) is 16.1. The van der Waals surface area contributed by atoms with E-state index < -0.39 is 72.4 Å². The molecule has 0 saturated carbocycles. The highest BCUT2D eigenvalue weighted by Gasteiger charge is 2.52. The molecule has 2 amide bonds. The number of amides is 2. The van der Waals surface area contributed by atoms with Crippen molar-refractivity contribution in [1.29, 1.82) is 0 Å². The SMILES string of the molecule is COc1ccc([C@H](NC(=O)[C@H](Cc2cccc(Cl)c2)Oc2cc(Cl)cc(Cl)c2)C(=O)C[C@H](C(=O)C(F)(F)C(=O)NCC(F)(F)F)C(C)C)cc1. The second-order valence-electron chi connectivity index (χ2n) is 11.5. The Morgan fingerprint density at radius 3 is 1.98 bits per heavy atom. The summed E-state index contributed by atoms with van der Waals surface area (Å²) < 4.78 is 78.6. The molecule has 0 fully saturated rings. The van der Waals surface area contributed by atoms with Gasteiger partial charge in [0.05, 0.1) is 7.11 Å². The first-order valence-electron chi connectivity index (χ1n) is 14.9. The molecule has 0 aliphatic rings. The van der Waals surface area contributed by atoms with E-state index in [9.17, 15) is 41.1 Å². The van der Waals surface area contributed by atoms with Crippen LogP contribution in [0, 0.1) is 11.8 Å². The van der Waals surface area contributed by atoms with Gasteiger partial charge in [0.1, 0.15) is 24.1 Å². The third kappa shape index (κ3) is 11.6. The van der Waals surface area contributed by atoms with Gasteiger partial charge in [0.15, 0.2) is 11.9 Å². The van der Waals surface area contributed by atoms with Crippen molar-refractivity contribution in [3.05, 3.63) is 92.9 Å². The van der Waals surface area contributed by atoms with E-state index in [0.29, 0.717) is 16.3 Å². The predicted octanol–water partition coefficient (Wildman–Crippen LogP) is 7.62. The zero-order valence-electron chi connectivity index (χ0n) is 26.8. The van der Waals surface area contributed by atoms with Crippen molar-refractivity contribution < 1.29 is 50.6 Å². The highest BCUT2D eigenvalue weighted by Crippen LogP contribution is 2.31. The van der Waals surface area contributed by atoms with E-state index in [4.69, 9.17) is 44.3 Å². The molecule has 8 nitrogen and oxygen atoms in total. The van der Waals surface area contributed by atoms with Crippen LogP contribution in [0.15, 0.2) is 66.7 Å². The van der Waals surface area contributed by atoms with Gasteiger partial charge >= 0.3 is 12.1 Å². The lowest BCUT2D eigenvalue weighted by Crippen LogP contribution is -2.51. The Balaban J connectivity index is 1.97. The van der Waals surface area contributed by atoms with Gasteiger partial charge in [-0.2, -0.15) is 22.0 Å². The molecule has 0 aliphatic heterocycles. The smallest absolute Gasteiger partial charge is 0.405 e. The third-order valence-corrected chi connectivity index (χ3v) is 8.05. The molecule has 0 aliphatic carbocycles. The molecule has 0 unspecified atom stereocenters. The summed E-state index contributed by atoms with van der Waals surface area (Å²) in [6.45, 7) is 0.558. The number of methoxy groups -OCH3 is 1. The van der Waals surface area contributed by atoms with Crippen LogP contribution in [-0.2, 0) is 25.6 Å². The van der Waals surface area contributed by atoms with E-state index in [1.807, 2.05) is 0 Å². The van der Waals surface area contributed by atoms with E-state index >= 15 is 0 Å². The summed E-state index contributed by atoms with van der Waals surface area (Å²) in [7, 11) is 1.39. The fourth-order valence-electron chi connectivity index (χ4n) is 4.81. The first-order chi connectivity index (χ1) is 23.3. The summed E-state index contributed by atoms with van der Waals surface area (Å²) in [5, 5.41) is 4.37. The molecule has 0 radical (unpaired) electrons. The van der Waals surface area contributed by atoms with Crippen LogP contribution in [-0.4, -0.2) is 55.2 Å². The Labute approximate surface area is 299 Å². The Kier molecular flexibility index (Phi) is 14.0. The lowest BCUT2D eigenvalue weighted by atomic mass is 9.82. The van der Waals surface area contributed by atoms with Crippen molar-refractivity contribution >= 4 is 58.2 Å². The van der Waals surface area contributed by atoms with Crippen molar-refractivity contribution in [2.75, 3.05) is 13.7 Å². The zero-order chi connectivity index (χ0) is 37.4.